The zero-order valence-corrected chi connectivity index (χ0v) is 13.3. The van der Waals surface area contributed by atoms with Crippen molar-refractivity contribution in [2.75, 3.05) is 32.6 Å². The number of nitrogens with zero attached hydrogens (tertiary/aromatic N) is 1. The molecule has 0 aromatic heterocycles. The number of carbonyl (C=O) groups is 1. The lowest BCUT2D eigenvalue weighted by Gasteiger charge is -2.27. The highest BCUT2D eigenvalue weighted by Gasteiger charge is 2.22. The van der Waals surface area contributed by atoms with Gasteiger partial charge in [-0.15, -0.1) is 0 Å². The van der Waals surface area contributed by atoms with E-state index in [0.29, 0.717) is 22.8 Å². The van der Waals surface area contributed by atoms with E-state index in [1.54, 1.807) is 32.3 Å². The lowest BCUT2D eigenvalue weighted by Crippen LogP contribution is -2.30. The standard InChI is InChI=1S/C15H23ClN2O2/c1-5-15(2,10-19)9-17-13-8-11(16)6-7-12(13)14(20)18(3)4/h6-8,17,19H,5,9-10H2,1-4H3. The summed E-state index contributed by atoms with van der Waals surface area (Å²) in [5.74, 6) is -0.0774. The van der Waals surface area contributed by atoms with Crippen LogP contribution in [0.2, 0.25) is 5.02 Å². The van der Waals surface area contributed by atoms with Gasteiger partial charge in [-0.05, 0) is 24.6 Å². The molecule has 20 heavy (non-hydrogen) atoms. The van der Waals surface area contributed by atoms with E-state index in [4.69, 9.17) is 11.6 Å². The zero-order chi connectivity index (χ0) is 15.3. The van der Waals surface area contributed by atoms with Gasteiger partial charge in [-0.25, -0.2) is 0 Å². The predicted molar refractivity (Wildman–Crippen MR) is 83.4 cm³/mol. The van der Waals surface area contributed by atoms with Gasteiger partial charge in [0.2, 0.25) is 0 Å². The highest BCUT2D eigenvalue weighted by atomic mass is 35.5. The number of anilines is 1. The average Bonchev–Trinajstić information content (AvgIpc) is 2.44. The molecule has 5 heteroatoms. The van der Waals surface area contributed by atoms with Crippen molar-refractivity contribution in [3.63, 3.8) is 0 Å². The number of rotatable bonds is 6. The van der Waals surface area contributed by atoms with Gasteiger partial charge in [0, 0.05) is 36.8 Å². The summed E-state index contributed by atoms with van der Waals surface area (Å²) in [5.41, 5.74) is 1.06. The summed E-state index contributed by atoms with van der Waals surface area (Å²) < 4.78 is 0. The maximum absolute atomic E-state index is 12.1. The van der Waals surface area contributed by atoms with Crippen LogP contribution in [0.5, 0.6) is 0 Å². The fourth-order valence-electron chi connectivity index (χ4n) is 1.69. The third-order valence-corrected chi connectivity index (χ3v) is 3.79. The average molecular weight is 299 g/mol. The molecule has 0 fully saturated rings. The molecule has 1 atom stereocenters. The van der Waals surface area contributed by atoms with Crippen molar-refractivity contribution in [1.29, 1.82) is 0 Å². The summed E-state index contributed by atoms with van der Waals surface area (Å²) >= 11 is 6.00. The minimum absolute atomic E-state index is 0.0774. The number of carbonyl (C=O) groups excluding carboxylic acids is 1. The summed E-state index contributed by atoms with van der Waals surface area (Å²) in [7, 11) is 3.43. The molecule has 0 aliphatic heterocycles. The Hall–Kier alpha value is -1.26. The molecular formula is C15H23ClN2O2. The molecule has 112 valence electrons. The topological polar surface area (TPSA) is 52.6 Å². The van der Waals surface area contributed by atoms with Crippen LogP contribution in [0.1, 0.15) is 30.6 Å². The van der Waals surface area contributed by atoms with Crippen molar-refractivity contribution in [3.8, 4) is 0 Å². The summed E-state index contributed by atoms with van der Waals surface area (Å²) in [6.45, 7) is 4.70. The SMILES string of the molecule is CCC(C)(CO)CNc1cc(Cl)ccc1C(=O)N(C)C. The van der Waals surface area contributed by atoms with Gasteiger partial charge in [-0.3, -0.25) is 4.79 Å². The Labute approximate surface area is 125 Å². The van der Waals surface area contributed by atoms with Crippen LogP contribution < -0.4 is 5.32 Å². The highest BCUT2D eigenvalue weighted by molar-refractivity contribution is 6.31. The molecule has 1 unspecified atom stereocenters. The maximum atomic E-state index is 12.1. The number of hydrogen-bond donors (Lipinski definition) is 2. The van der Waals surface area contributed by atoms with Gasteiger partial charge in [0.1, 0.15) is 0 Å². The normalized spacial score (nSPS) is 13.7. The molecule has 4 nitrogen and oxygen atoms in total. The Morgan fingerprint density at radius 1 is 1.45 bits per heavy atom. The number of nitrogens with one attached hydrogen (secondary N) is 1. The van der Waals surface area contributed by atoms with E-state index in [2.05, 4.69) is 5.32 Å². The van der Waals surface area contributed by atoms with E-state index in [1.807, 2.05) is 13.8 Å². The number of halogens is 1. The van der Waals surface area contributed by atoms with Crippen LogP contribution in [-0.4, -0.2) is 43.2 Å². The Balaban J connectivity index is 2.99. The van der Waals surface area contributed by atoms with Crippen LogP contribution >= 0.6 is 11.6 Å². The molecule has 0 aliphatic rings. The fourth-order valence-corrected chi connectivity index (χ4v) is 1.86. The molecular weight excluding hydrogens is 276 g/mol. The van der Waals surface area contributed by atoms with Gasteiger partial charge >= 0.3 is 0 Å². The first-order valence-electron chi connectivity index (χ1n) is 6.69. The third kappa shape index (κ3) is 4.12. The zero-order valence-electron chi connectivity index (χ0n) is 12.5. The first kappa shape index (κ1) is 16.8. The van der Waals surface area contributed by atoms with Crippen LogP contribution in [0.25, 0.3) is 0 Å². The van der Waals surface area contributed by atoms with Crippen LogP contribution in [0.15, 0.2) is 18.2 Å². The van der Waals surface area contributed by atoms with Crippen LogP contribution in [0.3, 0.4) is 0 Å². The summed E-state index contributed by atoms with van der Waals surface area (Å²) in [6.07, 6.45) is 0.841. The molecule has 2 N–H and O–H groups in total. The summed E-state index contributed by atoms with van der Waals surface area (Å²) in [5, 5.41) is 13.3. The Morgan fingerprint density at radius 2 is 2.10 bits per heavy atom. The van der Waals surface area contributed by atoms with Crippen molar-refractivity contribution in [2.24, 2.45) is 5.41 Å². The lowest BCUT2D eigenvalue weighted by atomic mass is 9.88. The Kier molecular flexibility index (Phi) is 5.84. The molecule has 1 aromatic rings. The molecule has 0 heterocycles. The Bertz CT molecular complexity index is 471. The molecule has 0 saturated carbocycles. The van der Waals surface area contributed by atoms with E-state index >= 15 is 0 Å². The minimum atomic E-state index is -0.221. The largest absolute Gasteiger partial charge is 0.396 e. The predicted octanol–water partition coefficient (Wildman–Crippen LogP) is 2.86. The highest BCUT2D eigenvalue weighted by Crippen LogP contribution is 2.25. The smallest absolute Gasteiger partial charge is 0.255 e. The second-order valence-electron chi connectivity index (χ2n) is 5.57. The van der Waals surface area contributed by atoms with E-state index in [-0.39, 0.29) is 17.9 Å². The molecule has 0 spiro atoms. The fraction of sp³-hybridized carbons (Fsp3) is 0.533. The number of benzene rings is 1. The van der Waals surface area contributed by atoms with Gasteiger partial charge in [-0.1, -0.05) is 25.4 Å². The summed E-state index contributed by atoms with van der Waals surface area (Å²) in [6, 6.07) is 5.16. The van der Waals surface area contributed by atoms with E-state index in [0.717, 1.165) is 6.42 Å². The number of hydrogen-bond acceptors (Lipinski definition) is 3. The quantitative estimate of drug-likeness (QED) is 0.849. The van der Waals surface area contributed by atoms with Gasteiger partial charge in [0.05, 0.1) is 12.2 Å². The van der Waals surface area contributed by atoms with Crippen molar-refractivity contribution in [2.45, 2.75) is 20.3 Å². The number of aliphatic hydroxyl groups is 1. The third-order valence-electron chi connectivity index (χ3n) is 3.56. The molecule has 1 amide bonds. The molecule has 1 rings (SSSR count). The van der Waals surface area contributed by atoms with Crippen LogP contribution in [0.4, 0.5) is 5.69 Å². The second-order valence-corrected chi connectivity index (χ2v) is 6.00. The van der Waals surface area contributed by atoms with Gasteiger partial charge < -0.3 is 15.3 Å². The monoisotopic (exact) mass is 298 g/mol. The van der Waals surface area contributed by atoms with E-state index < -0.39 is 0 Å². The molecule has 0 bridgehead atoms. The molecule has 0 saturated heterocycles. The number of amides is 1. The van der Waals surface area contributed by atoms with E-state index in [9.17, 15) is 9.90 Å². The number of aliphatic hydroxyl groups excluding tert-OH is 1. The minimum Gasteiger partial charge on any atom is -0.396 e. The van der Waals surface area contributed by atoms with E-state index in [1.165, 1.54) is 4.90 Å². The first-order valence-corrected chi connectivity index (χ1v) is 7.06. The maximum Gasteiger partial charge on any atom is 0.255 e. The molecule has 0 radical (unpaired) electrons. The van der Waals surface area contributed by atoms with Gasteiger partial charge in [-0.2, -0.15) is 0 Å². The first-order chi connectivity index (χ1) is 9.33. The van der Waals surface area contributed by atoms with Crippen LogP contribution in [0, 0.1) is 5.41 Å². The molecule has 1 aromatic carbocycles. The van der Waals surface area contributed by atoms with Crippen molar-refractivity contribution >= 4 is 23.2 Å². The summed E-state index contributed by atoms with van der Waals surface area (Å²) in [4.78, 5) is 13.7. The second kappa shape index (κ2) is 6.95. The molecule has 0 aliphatic carbocycles. The Morgan fingerprint density at radius 3 is 2.60 bits per heavy atom. The van der Waals surface area contributed by atoms with Crippen molar-refractivity contribution < 1.29 is 9.90 Å². The lowest BCUT2D eigenvalue weighted by molar-refractivity contribution is 0.0828. The van der Waals surface area contributed by atoms with Gasteiger partial charge in [0.25, 0.3) is 5.91 Å². The van der Waals surface area contributed by atoms with Crippen molar-refractivity contribution in [1.82, 2.24) is 4.90 Å². The van der Waals surface area contributed by atoms with Crippen LogP contribution in [-0.2, 0) is 0 Å². The van der Waals surface area contributed by atoms with Crippen molar-refractivity contribution in [3.05, 3.63) is 28.8 Å². The van der Waals surface area contributed by atoms with Gasteiger partial charge in [0.15, 0.2) is 0 Å².